The molecule has 0 amide bonds. The van der Waals surface area contributed by atoms with E-state index in [4.69, 9.17) is 9.31 Å². The smallest absolute Gasteiger partial charge is 0.402 e. The van der Waals surface area contributed by atoms with Crippen molar-refractivity contribution in [1.82, 2.24) is 4.72 Å². The summed E-state index contributed by atoms with van der Waals surface area (Å²) in [6.07, 6.45) is 0.0864. The zero-order valence-electron chi connectivity index (χ0n) is 13.1. The van der Waals surface area contributed by atoms with Crippen LogP contribution >= 0.6 is 0 Å². The molecule has 7 heteroatoms. The Labute approximate surface area is 127 Å². The van der Waals surface area contributed by atoms with Gasteiger partial charge >= 0.3 is 7.12 Å². The van der Waals surface area contributed by atoms with Crippen molar-refractivity contribution in [2.75, 3.05) is 6.44 Å². The maximum Gasteiger partial charge on any atom is 0.473 e. The van der Waals surface area contributed by atoms with Gasteiger partial charge in [0.15, 0.2) is 0 Å². The van der Waals surface area contributed by atoms with Gasteiger partial charge in [-0.25, -0.2) is 13.1 Å². The molecule has 0 saturated carbocycles. The summed E-state index contributed by atoms with van der Waals surface area (Å²) >= 11 is 0. The standard InChI is InChI=1S/C14H22BNO4S/c1-11-6-8-12(9-7-11)21(17,18)16-10-15-19-13(2,3)14(4,5)20-15/h6-9,16H,10H2,1-5H3. The first-order valence-corrected chi connectivity index (χ1v) is 8.44. The fourth-order valence-corrected chi connectivity index (χ4v) is 3.04. The van der Waals surface area contributed by atoms with E-state index in [1.807, 2.05) is 34.6 Å². The number of hydrogen-bond donors (Lipinski definition) is 1. The van der Waals surface area contributed by atoms with E-state index >= 15 is 0 Å². The van der Waals surface area contributed by atoms with Gasteiger partial charge in [0.25, 0.3) is 0 Å². The van der Waals surface area contributed by atoms with Gasteiger partial charge in [0.2, 0.25) is 10.0 Å². The third-order valence-corrected chi connectivity index (χ3v) is 5.51. The number of aryl methyl sites for hydroxylation is 1. The summed E-state index contributed by atoms with van der Waals surface area (Å²) in [5, 5.41) is 0. The zero-order valence-corrected chi connectivity index (χ0v) is 14.0. The predicted octanol–water partition coefficient (Wildman–Crippen LogP) is 1.90. The maximum absolute atomic E-state index is 12.2. The van der Waals surface area contributed by atoms with Gasteiger partial charge in [-0.3, -0.25) is 0 Å². The molecule has 116 valence electrons. The Hall–Kier alpha value is -0.885. The lowest BCUT2D eigenvalue weighted by molar-refractivity contribution is 0.00578. The molecule has 0 radical (unpaired) electrons. The Morgan fingerprint density at radius 2 is 1.52 bits per heavy atom. The summed E-state index contributed by atoms with van der Waals surface area (Å²) < 4.78 is 38.5. The molecule has 1 fully saturated rings. The Bertz CT molecular complexity index is 594. The highest BCUT2D eigenvalue weighted by atomic mass is 32.2. The van der Waals surface area contributed by atoms with Gasteiger partial charge in [-0.05, 0) is 46.8 Å². The van der Waals surface area contributed by atoms with Crippen LogP contribution in [0.25, 0.3) is 0 Å². The van der Waals surface area contributed by atoms with E-state index < -0.39 is 28.3 Å². The zero-order chi connectivity index (χ0) is 15.9. The second-order valence-corrected chi connectivity index (χ2v) is 8.12. The highest BCUT2D eigenvalue weighted by Gasteiger charge is 2.51. The van der Waals surface area contributed by atoms with Crippen LogP contribution in [0.2, 0.25) is 0 Å². The normalized spacial score (nSPS) is 20.7. The molecule has 21 heavy (non-hydrogen) atoms. The van der Waals surface area contributed by atoms with Crippen LogP contribution in [-0.2, 0) is 19.3 Å². The molecule has 1 aromatic rings. The molecule has 1 heterocycles. The molecule has 1 aliphatic rings. The average molecular weight is 311 g/mol. The van der Waals surface area contributed by atoms with Gasteiger partial charge in [0, 0.05) is 6.44 Å². The monoisotopic (exact) mass is 311 g/mol. The largest absolute Gasteiger partial charge is 0.473 e. The molecule has 0 bridgehead atoms. The maximum atomic E-state index is 12.2. The highest BCUT2D eigenvalue weighted by Crippen LogP contribution is 2.36. The summed E-state index contributed by atoms with van der Waals surface area (Å²) in [5.74, 6) is 0. The van der Waals surface area contributed by atoms with Crippen molar-refractivity contribution in [1.29, 1.82) is 0 Å². The first-order chi connectivity index (χ1) is 9.53. The van der Waals surface area contributed by atoms with Crippen LogP contribution in [0.4, 0.5) is 0 Å². The van der Waals surface area contributed by atoms with Gasteiger partial charge in [-0.1, -0.05) is 17.7 Å². The van der Waals surface area contributed by atoms with Crippen LogP contribution in [0.5, 0.6) is 0 Å². The first-order valence-electron chi connectivity index (χ1n) is 6.95. The van der Waals surface area contributed by atoms with Crippen LogP contribution in [-0.4, -0.2) is 33.2 Å². The average Bonchev–Trinajstić information content (AvgIpc) is 2.56. The van der Waals surface area contributed by atoms with Gasteiger partial charge < -0.3 is 9.31 Å². The molecule has 0 aliphatic carbocycles. The lowest BCUT2D eigenvalue weighted by Crippen LogP contribution is -2.41. The number of rotatable bonds is 4. The third-order valence-electron chi connectivity index (χ3n) is 4.07. The van der Waals surface area contributed by atoms with Crippen molar-refractivity contribution in [3.63, 3.8) is 0 Å². The molecule has 1 N–H and O–H groups in total. The van der Waals surface area contributed by atoms with E-state index in [0.717, 1.165) is 5.56 Å². The van der Waals surface area contributed by atoms with E-state index in [2.05, 4.69) is 4.72 Å². The fraction of sp³-hybridized carbons (Fsp3) is 0.571. The van der Waals surface area contributed by atoms with Crippen molar-refractivity contribution in [3.8, 4) is 0 Å². The molecular weight excluding hydrogens is 289 g/mol. The summed E-state index contributed by atoms with van der Waals surface area (Å²) in [7, 11) is -4.14. The number of nitrogens with one attached hydrogen (secondary N) is 1. The Morgan fingerprint density at radius 3 is 2.00 bits per heavy atom. The minimum atomic E-state index is -3.55. The lowest BCUT2D eigenvalue weighted by Gasteiger charge is -2.32. The fourth-order valence-electron chi connectivity index (χ4n) is 2.03. The van der Waals surface area contributed by atoms with Crippen LogP contribution < -0.4 is 4.72 Å². The van der Waals surface area contributed by atoms with Crippen LogP contribution in [0, 0.1) is 6.92 Å². The summed E-state index contributed by atoms with van der Waals surface area (Å²) in [6, 6.07) is 6.70. The minimum Gasteiger partial charge on any atom is -0.402 e. The molecule has 1 aromatic carbocycles. The lowest BCUT2D eigenvalue weighted by atomic mass is 9.90. The molecule has 0 aromatic heterocycles. The van der Waals surface area contributed by atoms with E-state index in [-0.39, 0.29) is 11.3 Å². The van der Waals surface area contributed by atoms with Gasteiger partial charge in [-0.2, -0.15) is 0 Å². The van der Waals surface area contributed by atoms with E-state index in [9.17, 15) is 8.42 Å². The van der Waals surface area contributed by atoms with Crippen molar-refractivity contribution >= 4 is 17.1 Å². The number of sulfonamides is 1. The summed E-state index contributed by atoms with van der Waals surface area (Å²) in [4.78, 5) is 0.240. The van der Waals surface area contributed by atoms with Gasteiger partial charge in [0.05, 0.1) is 16.1 Å². The van der Waals surface area contributed by atoms with Crippen LogP contribution in [0.3, 0.4) is 0 Å². The van der Waals surface area contributed by atoms with Crippen molar-refractivity contribution in [2.24, 2.45) is 0 Å². The molecule has 0 unspecified atom stereocenters. The van der Waals surface area contributed by atoms with E-state index in [1.165, 1.54) is 0 Å². The molecule has 0 atom stereocenters. The second-order valence-electron chi connectivity index (χ2n) is 6.35. The summed E-state index contributed by atoms with van der Waals surface area (Å²) in [5.41, 5.74) is 0.0832. The summed E-state index contributed by atoms with van der Waals surface area (Å²) in [6.45, 7) is 9.64. The number of benzene rings is 1. The van der Waals surface area contributed by atoms with Crippen LogP contribution in [0.15, 0.2) is 29.2 Å². The van der Waals surface area contributed by atoms with Gasteiger partial charge in [0.1, 0.15) is 0 Å². The van der Waals surface area contributed by atoms with Crippen molar-refractivity contribution in [3.05, 3.63) is 29.8 Å². The van der Waals surface area contributed by atoms with E-state index in [0.29, 0.717) is 0 Å². The molecule has 2 rings (SSSR count). The SMILES string of the molecule is Cc1ccc(S(=O)(=O)NCB2OC(C)(C)C(C)(C)O2)cc1. The first kappa shape index (κ1) is 16.5. The third kappa shape index (κ3) is 3.48. The van der Waals surface area contributed by atoms with E-state index in [1.54, 1.807) is 24.3 Å². The second kappa shape index (κ2) is 5.39. The van der Waals surface area contributed by atoms with Crippen LogP contribution in [0.1, 0.15) is 33.3 Å². The molecular formula is C14H22BNO4S. The molecule has 1 saturated heterocycles. The Balaban J connectivity index is 2.02. The Kier molecular flexibility index (Phi) is 4.23. The number of hydrogen-bond acceptors (Lipinski definition) is 4. The van der Waals surface area contributed by atoms with Gasteiger partial charge in [-0.15, -0.1) is 0 Å². The van der Waals surface area contributed by atoms with Crippen molar-refractivity contribution in [2.45, 2.75) is 50.7 Å². The Morgan fingerprint density at radius 1 is 1.05 bits per heavy atom. The molecule has 1 aliphatic heterocycles. The quantitative estimate of drug-likeness (QED) is 0.863. The topological polar surface area (TPSA) is 64.6 Å². The molecule has 5 nitrogen and oxygen atoms in total. The highest BCUT2D eigenvalue weighted by molar-refractivity contribution is 7.89. The minimum absolute atomic E-state index is 0.0864. The van der Waals surface area contributed by atoms with Crippen molar-refractivity contribution < 1.29 is 17.7 Å². The predicted molar refractivity (Wildman–Crippen MR) is 82.4 cm³/mol. The molecule has 0 spiro atoms.